The highest BCUT2D eigenvalue weighted by Gasteiger charge is 2.19. The van der Waals surface area contributed by atoms with E-state index in [2.05, 4.69) is 52.1 Å². The van der Waals surface area contributed by atoms with Gasteiger partial charge in [0, 0.05) is 8.95 Å². The van der Waals surface area contributed by atoms with E-state index in [0.717, 1.165) is 5.56 Å². The van der Waals surface area contributed by atoms with E-state index in [1.165, 1.54) is 6.07 Å². The van der Waals surface area contributed by atoms with E-state index >= 15 is 0 Å². The first kappa shape index (κ1) is 18.0. The Balaban J connectivity index is 2.01. The number of nitrogens with zero attached hydrogens (tertiary/aromatic N) is 4. The summed E-state index contributed by atoms with van der Waals surface area (Å²) in [5, 5.41) is 11.4. The molecule has 0 amide bonds. The van der Waals surface area contributed by atoms with E-state index in [-0.39, 0.29) is 4.90 Å². The summed E-state index contributed by atoms with van der Waals surface area (Å²) in [7, 11) is -3.76. The molecule has 0 aliphatic rings. The molecular formula is C15H13Br2N5O2S. The summed E-state index contributed by atoms with van der Waals surface area (Å²) >= 11 is 6.57. The van der Waals surface area contributed by atoms with Crippen LogP contribution in [0.4, 0.5) is 5.69 Å². The highest BCUT2D eigenvalue weighted by Crippen LogP contribution is 2.28. The lowest BCUT2D eigenvalue weighted by atomic mass is 10.2. The summed E-state index contributed by atoms with van der Waals surface area (Å²) in [6, 6.07) is 10.2. The van der Waals surface area contributed by atoms with E-state index in [1.807, 2.05) is 13.0 Å². The van der Waals surface area contributed by atoms with Crippen molar-refractivity contribution in [2.45, 2.75) is 18.7 Å². The van der Waals surface area contributed by atoms with Crippen LogP contribution in [0, 0.1) is 13.8 Å². The first-order valence-electron chi connectivity index (χ1n) is 7.12. The molecule has 3 rings (SSSR count). The van der Waals surface area contributed by atoms with Crippen LogP contribution in [0.5, 0.6) is 0 Å². The zero-order chi connectivity index (χ0) is 18.2. The summed E-state index contributed by atoms with van der Waals surface area (Å²) in [5.41, 5.74) is 2.04. The lowest BCUT2D eigenvalue weighted by molar-refractivity contribution is 0.600. The lowest BCUT2D eigenvalue weighted by Crippen LogP contribution is -2.14. The summed E-state index contributed by atoms with van der Waals surface area (Å²) in [6.07, 6.45) is 0. The number of tetrazole rings is 1. The van der Waals surface area contributed by atoms with Gasteiger partial charge in [0.25, 0.3) is 10.0 Å². The van der Waals surface area contributed by atoms with Gasteiger partial charge in [-0.3, -0.25) is 4.72 Å². The fourth-order valence-corrected chi connectivity index (χ4v) is 4.80. The minimum atomic E-state index is -3.76. The zero-order valence-corrected chi connectivity index (χ0v) is 17.2. The molecule has 0 aliphatic carbocycles. The van der Waals surface area contributed by atoms with Gasteiger partial charge in [-0.1, -0.05) is 22.0 Å². The van der Waals surface area contributed by atoms with Gasteiger partial charge in [-0.05, 0) is 76.1 Å². The van der Waals surface area contributed by atoms with Crippen LogP contribution >= 0.6 is 31.9 Å². The van der Waals surface area contributed by atoms with Crippen LogP contribution in [-0.4, -0.2) is 28.6 Å². The molecule has 0 fully saturated rings. The van der Waals surface area contributed by atoms with Crippen LogP contribution in [0.1, 0.15) is 11.4 Å². The van der Waals surface area contributed by atoms with Gasteiger partial charge in [-0.15, -0.1) is 5.10 Å². The fourth-order valence-electron chi connectivity index (χ4n) is 2.25. The fraction of sp³-hybridized carbons (Fsp3) is 0.133. The number of rotatable bonds is 4. The largest absolute Gasteiger partial charge is 0.280 e. The third kappa shape index (κ3) is 3.75. The summed E-state index contributed by atoms with van der Waals surface area (Å²) in [4.78, 5) is 0.141. The normalized spacial score (nSPS) is 11.5. The van der Waals surface area contributed by atoms with Crippen molar-refractivity contribution in [2.24, 2.45) is 0 Å². The second-order valence-electron chi connectivity index (χ2n) is 5.32. The van der Waals surface area contributed by atoms with Crippen LogP contribution in [0.25, 0.3) is 5.69 Å². The Morgan fingerprint density at radius 1 is 1.08 bits per heavy atom. The first-order valence-corrected chi connectivity index (χ1v) is 10.2. The molecule has 0 bridgehead atoms. The Morgan fingerprint density at radius 2 is 1.84 bits per heavy atom. The van der Waals surface area contributed by atoms with E-state index in [0.29, 0.717) is 26.1 Å². The van der Waals surface area contributed by atoms with Gasteiger partial charge in [-0.25, -0.2) is 8.42 Å². The molecular weight excluding hydrogens is 474 g/mol. The zero-order valence-electron chi connectivity index (χ0n) is 13.2. The molecule has 0 radical (unpaired) electrons. The monoisotopic (exact) mass is 485 g/mol. The van der Waals surface area contributed by atoms with Gasteiger partial charge in [0.2, 0.25) is 0 Å². The Labute approximate surface area is 161 Å². The van der Waals surface area contributed by atoms with Gasteiger partial charge in [0.05, 0.1) is 11.4 Å². The molecule has 2 aromatic carbocycles. The number of aromatic nitrogens is 4. The van der Waals surface area contributed by atoms with Gasteiger partial charge < -0.3 is 0 Å². The van der Waals surface area contributed by atoms with Crippen molar-refractivity contribution in [1.82, 2.24) is 20.2 Å². The average molecular weight is 487 g/mol. The quantitative estimate of drug-likeness (QED) is 0.608. The number of aryl methyl sites for hydroxylation is 2. The molecule has 25 heavy (non-hydrogen) atoms. The molecule has 0 atom stereocenters. The molecule has 1 aromatic heterocycles. The maximum absolute atomic E-state index is 12.7. The SMILES string of the molecule is Cc1ccc(NS(=O)(=O)c2cc(Br)ccc2Br)cc1-n1nnnc1C. The molecule has 0 saturated carbocycles. The Morgan fingerprint density at radius 3 is 2.52 bits per heavy atom. The van der Waals surface area contributed by atoms with Crippen LogP contribution in [0.3, 0.4) is 0 Å². The number of anilines is 1. The highest BCUT2D eigenvalue weighted by molar-refractivity contribution is 9.11. The molecule has 1 heterocycles. The van der Waals surface area contributed by atoms with E-state index in [1.54, 1.807) is 35.9 Å². The second-order valence-corrected chi connectivity index (χ2v) is 8.74. The minimum absolute atomic E-state index is 0.141. The summed E-state index contributed by atoms with van der Waals surface area (Å²) < 4.78 is 30.7. The van der Waals surface area contributed by atoms with Crippen molar-refractivity contribution in [3.63, 3.8) is 0 Å². The molecule has 0 aliphatic heterocycles. The van der Waals surface area contributed by atoms with Crippen molar-refractivity contribution in [2.75, 3.05) is 4.72 Å². The molecule has 3 aromatic rings. The lowest BCUT2D eigenvalue weighted by Gasteiger charge is -2.13. The Kier molecular flexibility index (Phi) is 4.94. The minimum Gasteiger partial charge on any atom is -0.280 e. The molecule has 1 N–H and O–H groups in total. The number of benzene rings is 2. The number of hydrogen-bond acceptors (Lipinski definition) is 5. The number of halogens is 2. The van der Waals surface area contributed by atoms with Crippen molar-refractivity contribution < 1.29 is 8.42 Å². The predicted octanol–water partition coefficient (Wildman–Crippen LogP) is 3.60. The average Bonchev–Trinajstić information content (AvgIpc) is 2.97. The van der Waals surface area contributed by atoms with E-state index in [9.17, 15) is 8.42 Å². The third-order valence-corrected chi connectivity index (χ3v) is 6.37. The topological polar surface area (TPSA) is 89.8 Å². The predicted molar refractivity (Wildman–Crippen MR) is 101 cm³/mol. The van der Waals surface area contributed by atoms with Gasteiger partial charge in [-0.2, -0.15) is 4.68 Å². The van der Waals surface area contributed by atoms with E-state index in [4.69, 9.17) is 0 Å². The maximum Gasteiger partial charge on any atom is 0.263 e. The molecule has 10 heteroatoms. The molecule has 0 saturated heterocycles. The van der Waals surface area contributed by atoms with Crippen LogP contribution in [0.2, 0.25) is 0 Å². The maximum atomic E-state index is 12.7. The molecule has 0 spiro atoms. The number of sulfonamides is 1. The van der Waals surface area contributed by atoms with Crippen LogP contribution < -0.4 is 4.72 Å². The molecule has 130 valence electrons. The van der Waals surface area contributed by atoms with E-state index < -0.39 is 10.0 Å². The smallest absolute Gasteiger partial charge is 0.263 e. The molecule has 0 unspecified atom stereocenters. The summed E-state index contributed by atoms with van der Waals surface area (Å²) in [6.45, 7) is 3.68. The highest BCUT2D eigenvalue weighted by atomic mass is 79.9. The Hall–Kier alpha value is -1.78. The van der Waals surface area contributed by atoms with Crippen molar-refractivity contribution in [1.29, 1.82) is 0 Å². The summed E-state index contributed by atoms with van der Waals surface area (Å²) in [5.74, 6) is 0.609. The third-order valence-electron chi connectivity index (χ3n) is 3.50. The Bertz CT molecular complexity index is 1050. The first-order chi connectivity index (χ1) is 11.8. The second kappa shape index (κ2) is 6.85. The van der Waals surface area contributed by atoms with Crippen molar-refractivity contribution in [3.05, 3.63) is 56.7 Å². The number of hydrogen-bond donors (Lipinski definition) is 1. The van der Waals surface area contributed by atoms with Crippen molar-refractivity contribution in [3.8, 4) is 5.69 Å². The van der Waals surface area contributed by atoms with Crippen molar-refractivity contribution >= 4 is 47.6 Å². The van der Waals surface area contributed by atoms with Crippen LogP contribution in [0.15, 0.2) is 50.2 Å². The van der Waals surface area contributed by atoms with Gasteiger partial charge in [0.15, 0.2) is 5.82 Å². The van der Waals surface area contributed by atoms with Crippen LogP contribution in [-0.2, 0) is 10.0 Å². The van der Waals surface area contributed by atoms with Gasteiger partial charge in [0.1, 0.15) is 4.90 Å². The molecule has 7 nitrogen and oxygen atoms in total. The van der Waals surface area contributed by atoms with Gasteiger partial charge >= 0.3 is 0 Å². The standard InChI is InChI=1S/C15H13Br2N5O2S/c1-9-3-5-12(8-14(9)22-10(2)18-20-21-22)19-25(23,24)15-7-11(16)4-6-13(15)17/h3-8,19H,1-2H3. The number of nitrogens with one attached hydrogen (secondary N) is 1.